The Kier molecular flexibility index (Phi) is 6.57. The Morgan fingerprint density at radius 2 is 1.70 bits per heavy atom. The van der Waals surface area contributed by atoms with Crippen LogP contribution in [0.1, 0.15) is 11.1 Å². The summed E-state index contributed by atoms with van der Waals surface area (Å²) in [6.45, 7) is -0.0480. The normalized spacial score (nSPS) is 11.4. The van der Waals surface area contributed by atoms with E-state index in [0.29, 0.717) is 12.1 Å². The number of hydrogen-bond donors (Lipinski definition) is 2. The van der Waals surface area contributed by atoms with E-state index >= 15 is 0 Å². The minimum atomic E-state index is -4.43. The van der Waals surface area contributed by atoms with E-state index in [1.54, 1.807) is 42.3 Å². The lowest BCUT2D eigenvalue weighted by Gasteiger charge is -2.17. The van der Waals surface area contributed by atoms with Crippen molar-refractivity contribution < 1.29 is 27.9 Å². The fraction of sp³-hybridized carbons (Fsp3) is 0.263. The molecule has 0 spiro atoms. The molecule has 0 bridgehead atoms. The summed E-state index contributed by atoms with van der Waals surface area (Å²) in [5, 5.41) is 10.8. The summed E-state index contributed by atoms with van der Waals surface area (Å²) in [7, 11) is 1.69. The number of rotatable bonds is 7. The van der Waals surface area contributed by atoms with E-state index in [1.165, 1.54) is 12.1 Å². The highest BCUT2D eigenvalue weighted by Gasteiger charge is 2.33. The number of likely N-dealkylation sites (N-methyl/N-ethyl adjacent to an activating group) is 1. The Bertz CT molecular complexity index is 805. The molecular weight excluding hydrogens is 361 g/mol. The third-order valence-corrected chi connectivity index (χ3v) is 3.80. The first-order valence-electron chi connectivity index (χ1n) is 8.09. The number of nitrogens with zero attached hydrogens (tertiary/aromatic N) is 1. The van der Waals surface area contributed by atoms with Gasteiger partial charge in [0.1, 0.15) is 6.54 Å². The average Bonchev–Trinajstić information content (AvgIpc) is 2.60. The van der Waals surface area contributed by atoms with Crippen molar-refractivity contribution in [2.45, 2.75) is 12.7 Å². The van der Waals surface area contributed by atoms with Crippen molar-refractivity contribution in [3.8, 4) is 11.1 Å². The van der Waals surface area contributed by atoms with E-state index in [0.717, 1.165) is 11.6 Å². The molecular formula is C19H19F3N2O3. The van der Waals surface area contributed by atoms with Gasteiger partial charge < -0.3 is 10.4 Å². The van der Waals surface area contributed by atoms with Gasteiger partial charge >= 0.3 is 12.1 Å². The number of amides is 1. The van der Waals surface area contributed by atoms with Crippen molar-refractivity contribution in [3.05, 3.63) is 59.7 Å². The van der Waals surface area contributed by atoms with Crippen LogP contribution >= 0.6 is 0 Å². The highest BCUT2D eigenvalue weighted by Crippen LogP contribution is 2.36. The highest BCUT2D eigenvalue weighted by molar-refractivity contribution is 5.82. The molecule has 0 atom stereocenters. The molecule has 0 fully saturated rings. The maximum absolute atomic E-state index is 13.1. The van der Waals surface area contributed by atoms with E-state index in [1.807, 2.05) is 0 Å². The topological polar surface area (TPSA) is 69.6 Å². The van der Waals surface area contributed by atoms with Crippen LogP contribution in [-0.2, 0) is 22.3 Å². The van der Waals surface area contributed by atoms with Crippen LogP contribution in [-0.4, -0.2) is 42.0 Å². The van der Waals surface area contributed by atoms with Crippen LogP contribution in [0.25, 0.3) is 11.1 Å². The molecule has 8 heteroatoms. The van der Waals surface area contributed by atoms with E-state index in [2.05, 4.69) is 5.32 Å². The molecule has 0 saturated carbocycles. The lowest BCUT2D eigenvalue weighted by atomic mass is 9.98. The van der Waals surface area contributed by atoms with Gasteiger partial charge in [0.25, 0.3) is 0 Å². The lowest BCUT2D eigenvalue weighted by molar-refractivity contribution is -0.138. The first-order valence-corrected chi connectivity index (χ1v) is 8.09. The molecule has 1 amide bonds. The fourth-order valence-electron chi connectivity index (χ4n) is 2.61. The number of halogens is 3. The number of alkyl halides is 3. The van der Waals surface area contributed by atoms with Gasteiger partial charge in [0.15, 0.2) is 0 Å². The lowest BCUT2D eigenvalue weighted by Crippen LogP contribution is -2.37. The molecule has 0 aliphatic rings. The van der Waals surface area contributed by atoms with Crippen LogP contribution in [0.2, 0.25) is 0 Å². The summed E-state index contributed by atoms with van der Waals surface area (Å²) >= 11 is 0. The Hall–Kier alpha value is -2.87. The zero-order valence-electron chi connectivity index (χ0n) is 14.6. The van der Waals surface area contributed by atoms with Gasteiger partial charge in [-0.15, -0.1) is 0 Å². The predicted molar refractivity (Wildman–Crippen MR) is 93.9 cm³/mol. The number of hydrogen-bond acceptors (Lipinski definition) is 3. The minimum absolute atomic E-state index is 0.00589. The second kappa shape index (κ2) is 8.68. The van der Waals surface area contributed by atoms with Crippen LogP contribution in [0.15, 0.2) is 48.5 Å². The van der Waals surface area contributed by atoms with Crippen molar-refractivity contribution in [3.63, 3.8) is 0 Å². The van der Waals surface area contributed by atoms with Crippen LogP contribution in [0.4, 0.5) is 13.2 Å². The van der Waals surface area contributed by atoms with Crippen molar-refractivity contribution >= 4 is 11.9 Å². The van der Waals surface area contributed by atoms with E-state index in [-0.39, 0.29) is 12.1 Å². The van der Waals surface area contributed by atoms with Crippen LogP contribution in [0.5, 0.6) is 0 Å². The zero-order valence-corrected chi connectivity index (χ0v) is 14.6. The molecule has 2 aromatic carbocycles. The SMILES string of the molecule is CN(CC(=O)NCC(=O)O)Cc1ccc(-c2ccccc2C(F)(F)F)cc1. The molecule has 144 valence electrons. The van der Waals surface area contributed by atoms with Crippen LogP contribution in [0, 0.1) is 0 Å². The van der Waals surface area contributed by atoms with Gasteiger partial charge in [0, 0.05) is 6.54 Å². The van der Waals surface area contributed by atoms with Gasteiger partial charge in [0.2, 0.25) is 5.91 Å². The molecule has 0 aliphatic carbocycles. The second-order valence-electron chi connectivity index (χ2n) is 6.08. The molecule has 2 rings (SSSR count). The van der Waals surface area contributed by atoms with Gasteiger partial charge in [-0.05, 0) is 29.8 Å². The molecule has 0 aliphatic heterocycles. The fourth-order valence-corrected chi connectivity index (χ4v) is 2.61. The van der Waals surface area contributed by atoms with Crippen molar-refractivity contribution in [2.24, 2.45) is 0 Å². The molecule has 2 N–H and O–H groups in total. The standard InChI is InChI=1S/C19H19F3N2O3/c1-24(12-17(25)23-10-18(26)27)11-13-6-8-14(9-7-13)15-4-2-3-5-16(15)19(20,21)22/h2-9H,10-12H2,1H3,(H,23,25)(H,26,27). The van der Waals surface area contributed by atoms with Gasteiger partial charge in [-0.25, -0.2) is 0 Å². The summed E-state index contributed by atoms with van der Waals surface area (Å²) in [4.78, 5) is 23.7. The Morgan fingerprint density at radius 1 is 1.07 bits per heavy atom. The molecule has 2 aromatic rings. The van der Waals surface area contributed by atoms with E-state index in [4.69, 9.17) is 5.11 Å². The zero-order chi connectivity index (χ0) is 20.0. The largest absolute Gasteiger partial charge is 0.480 e. The number of carboxylic acids is 1. The molecule has 0 heterocycles. The maximum atomic E-state index is 13.1. The first-order chi connectivity index (χ1) is 12.7. The molecule has 27 heavy (non-hydrogen) atoms. The third-order valence-electron chi connectivity index (χ3n) is 3.80. The van der Waals surface area contributed by atoms with Crippen molar-refractivity contribution in [1.82, 2.24) is 10.2 Å². The Morgan fingerprint density at radius 3 is 2.30 bits per heavy atom. The maximum Gasteiger partial charge on any atom is 0.417 e. The quantitative estimate of drug-likeness (QED) is 0.775. The van der Waals surface area contributed by atoms with Crippen LogP contribution < -0.4 is 5.32 Å². The number of aliphatic carboxylic acids is 1. The van der Waals surface area contributed by atoms with E-state index in [9.17, 15) is 22.8 Å². The summed E-state index contributed by atoms with van der Waals surface area (Å²) in [5.41, 5.74) is 0.688. The summed E-state index contributed by atoms with van der Waals surface area (Å²) < 4.78 is 39.4. The van der Waals surface area contributed by atoms with E-state index < -0.39 is 30.2 Å². The van der Waals surface area contributed by atoms with Gasteiger partial charge in [-0.3, -0.25) is 14.5 Å². The highest BCUT2D eigenvalue weighted by atomic mass is 19.4. The number of carboxylic acid groups (broad SMARTS) is 1. The minimum Gasteiger partial charge on any atom is -0.480 e. The molecule has 0 saturated heterocycles. The number of benzene rings is 2. The van der Waals surface area contributed by atoms with Gasteiger partial charge in [-0.2, -0.15) is 13.2 Å². The van der Waals surface area contributed by atoms with Crippen LogP contribution in [0.3, 0.4) is 0 Å². The third kappa shape index (κ3) is 6.10. The molecule has 5 nitrogen and oxygen atoms in total. The Balaban J connectivity index is 2.04. The van der Waals surface area contributed by atoms with Crippen molar-refractivity contribution in [2.75, 3.05) is 20.1 Å². The first kappa shape index (κ1) is 20.4. The summed E-state index contributed by atoms with van der Waals surface area (Å²) in [6.07, 6.45) is -4.43. The Labute approximate surface area is 154 Å². The van der Waals surface area contributed by atoms with Crippen molar-refractivity contribution in [1.29, 1.82) is 0 Å². The summed E-state index contributed by atoms with van der Waals surface area (Å²) in [6, 6.07) is 12.0. The predicted octanol–water partition coefficient (Wildman–Crippen LogP) is 3.01. The molecule has 0 unspecified atom stereocenters. The molecule has 0 aromatic heterocycles. The second-order valence-corrected chi connectivity index (χ2v) is 6.08. The van der Waals surface area contributed by atoms with Gasteiger partial charge in [-0.1, -0.05) is 42.5 Å². The number of carbonyl (C=O) groups excluding carboxylic acids is 1. The summed E-state index contributed by atoms with van der Waals surface area (Å²) in [5.74, 6) is -1.55. The average molecular weight is 380 g/mol. The number of carbonyl (C=O) groups is 2. The smallest absolute Gasteiger partial charge is 0.417 e. The number of nitrogens with one attached hydrogen (secondary N) is 1. The van der Waals surface area contributed by atoms with Gasteiger partial charge in [0.05, 0.1) is 12.1 Å². The molecule has 0 radical (unpaired) electrons. The monoisotopic (exact) mass is 380 g/mol.